The Balaban J connectivity index is 2.23. The lowest BCUT2D eigenvalue weighted by atomic mass is 10.3. The van der Waals surface area contributed by atoms with Crippen LogP contribution in [0.5, 0.6) is 0 Å². The maximum Gasteiger partial charge on any atom is 0.138 e. The van der Waals surface area contributed by atoms with Gasteiger partial charge in [0, 0.05) is 36.5 Å². The molecule has 3 heterocycles. The third kappa shape index (κ3) is 1.23. The molecule has 4 heteroatoms. The topological polar surface area (TPSA) is 35.1 Å². The quantitative estimate of drug-likeness (QED) is 0.619. The van der Waals surface area contributed by atoms with Crippen LogP contribution in [0.25, 0.3) is 11.3 Å². The van der Waals surface area contributed by atoms with E-state index in [1.54, 1.807) is 6.20 Å². The van der Waals surface area contributed by atoms with Gasteiger partial charge in [0.1, 0.15) is 11.5 Å². The highest BCUT2D eigenvalue weighted by molar-refractivity contribution is 5.49. The summed E-state index contributed by atoms with van der Waals surface area (Å²) >= 11 is 0. The van der Waals surface area contributed by atoms with Crippen LogP contribution in [0.2, 0.25) is 0 Å². The molecular weight excluding hydrogens is 200 g/mol. The number of fused-ring (bicyclic) bond motifs is 1. The van der Waals surface area contributed by atoms with Crippen molar-refractivity contribution in [3.8, 4) is 5.69 Å². The molecule has 0 spiro atoms. The molecule has 0 unspecified atom stereocenters. The van der Waals surface area contributed by atoms with E-state index in [0.29, 0.717) is 0 Å². The van der Waals surface area contributed by atoms with Crippen LogP contribution in [0.3, 0.4) is 0 Å². The van der Waals surface area contributed by atoms with Gasteiger partial charge in [-0.3, -0.25) is 0 Å². The molecule has 80 valence electrons. The van der Waals surface area contributed by atoms with Crippen LogP contribution in [-0.2, 0) is 0 Å². The average Bonchev–Trinajstić information content (AvgIpc) is 2.86. The zero-order valence-corrected chi connectivity index (χ0v) is 9.25. The van der Waals surface area contributed by atoms with Crippen molar-refractivity contribution in [3.05, 3.63) is 48.4 Å². The van der Waals surface area contributed by atoms with Gasteiger partial charge in [-0.05, 0) is 19.9 Å². The van der Waals surface area contributed by atoms with E-state index in [-0.39, 0.29) is 0 Å². The van der Waals surface area contributed by atoms with Crippen molar-refractivity contribution in [2.24, 2.45) is 0 Å². The lowest BCUT2D eigenvalue weighted by Crippen LogP contribution is -1.97. The van der Waals surface area contributed by atoms with E-state index < -0.39 is 0 Å². The molecule has 0 amide bonds. The molecule has 0 aliphatic heterocycles. The molecule has 3 aromatic heterocycles. The van der Waals surface area contributed by atoms with Gasteiger partial charge in [-0.1, -0.05) is 0 Å². The Morgan fingerprint density at radius 1 is 1.12 bits per heavy atom. The summed E-state index contributed by atoms with van der Waals surface area (Å²) in [4.78, 5) is 8.56. The molecule has 3 rings (SSSR count). The monoisotopic (exact) mass is 212 g/mol. The third-order valence-electron chi connectivity index (χ3n) is 2.79. The molecule has 0 saturated carbocycles. The Kier molecular flexibility index (Phi) is 1.83. The van der Waals surface area contributed by atoms with Gasteiger partial charge in [0.2, 0.25) is 0 Å². The lowest BCUT2D eigenvalue weighted by molar-refractivity contribution is 0.966. The molecule has 0 N–H and O–H groups in total. The normalized spacial score (nSPS) is 11.1. The summed E-state index contributed by atoms with van der Waals surface area (Å²) in [5.41, 5.74) is 3.19. The predicted octanol–water partition coefficient (Wildman–Crippen LogP) is 2.14. The first-order chi connectivity index (χ1) is 7.75. The number of nitrogens with zero attached hydrogens (tertiary/aromatic N) is 4. The third-order valence-corrected chi connectivity index (χ3v) is 2.79. The van der Waals surface area contributed by atoms with Gasteiger partial charge in [0.15, 0.2) is 0 Å². The van der Waals surface area contributed by atoms with Crippen molar-refractivity contribution < 1.29 is 0 Å². The van der Waals surface area contributed by atoms with Crippen molar-refractivity contribution in [2.45, 2.75) is 13.8 Å². The number of imidazole rings is 2. The van der Waals surface area contributed by atoms with Crippen LogP contribution in [0.4, 0.5) is 0 Å². The summed E-state index contributed by atoms with van der Waals surface area (Å²) in [6.07, 6.45) is 7.67. The number of hydrogen-bond acceptors (Lipinski definition) is 2. The van der Waals surface area contributed by atoms with E-state index in [9.17, 15) is 0 Å². The van der Waals surface area contributed by atoms with E-state index in [0.717, 1.165) is 22.9 Å². The number of aryl methyl sites for hydroxylation is 2. The van der Waals surface area contributed by atoms with Crippen LogP contribution in [0.1, 0.15) is 11.5 Å². The summed E-state index contributed by atoms with van der Waals surface area (Å²) in [7, 11) is 0. The minimum absolute atomic E-state index is 0.961. The van der Waals surface area contributed by atoms with Crippen molar-refractivity contribution >= 4 is 5.65 Å². The van der Waals surface area contributed by atoms with Gasteiger partial charge in [0.25, 0.3) is 0 Å². The van der Waals surface area contributed by atoms with Gasteiger partial charge in [0.05, 0.1) is 5.69 Å². The molecule has 0 fully saturated rings. The van der Waals surface area contributed by atoms with Crippen molar-refractivity contribution in [2.75, 3.05) is 0 Å². The number of rotatable bonds is 1. The lowest BCUT2D eigenvalue weighted by Gasteiger charge is -2.05. The van der Waals surface area contributed by atoms with E-state index in [2.05, 4.69) is 26.5 Å². The first-order valence-electron chi connectivity index (χ1n) is 5.20. The SMILES string of the molecule is Cc1nccn1-c1ccn2c(C)cnc2c1. The molecule has 16 heavy (non-hydrogen) atoms. The Bertz CT molecular complexity index is 648. The maximum atomic E-state index is 4.35. The standard InChI is InChI=1S/C12H12N4/c1-9-8-14-12-7-11(3-5-15(9)12)16-6-4-13-10(16)2/h3-8H,1-2H3. The van der Waals surface area contributed by atoms with Gasteiger partial charge in [-0.2, -0.15) is 0 Å². The Hall–Kier alpha value is -2.10. The number of aromatic nitrogens is 4. The largest absolute Gasteiger partial charge is 0.304 e. The Labute approximate surface area is 93.2 Å². The average molecular weight is 212 g/mol. The second-order valence-corrected chi connectivity index (χ2v) is 3.86. The first kappa shape index (κ1) is 9.15. The van der Waals surface area contributed by atoms with Crippen LogP contribution in [0, 0.1) is 13.8 Å². The highest BCUT2D eigenvalue weighted by Gasteiger charge is 2.03. The van der Waals surface area contributed by atoms with E-state index in [1.807, 2.05) is 37.0 Å². The van der Waals surface area contributed by atoms with Crippen LogP contribution < -0.4 is 0 Å². The highest BCUT2D eigenvalue weighted by atomic mass is 15.1. The summed E-state index contributed by atoms with van der Waals surface area (Å²) in [5, 5.41) is 0. The molecular formula is C12H12N4. The molecule has 0 bridgehead atoms. The number of hydrogen-bond donors (Lipinski definition) is 0. The fourth-order valence-corrected chi connectivity index (χ4v) is 1.90. The van der Waals surface area contributed by atoms with Gasteiger partial charge >= 0.3 is 0 Å². The summed E-state index contributed by atoms with van der Waals surface area (Å²) in [5.74, 6) is 0.979. The molecule has 0 radical (unpaired) electrons. The predicted molar refractivity (Wildman–Crippen MR) is 61.8 cm³/mol. The fourth-order valence-electron chi connectivity index (χ4n) is 1.90. The first-order valence-corrected chi connectivity index (χ1v) is 5.20. The minimum atomic E-state index is 0.961. The Morgan fingerprint density at radius 3 is 2.75 bits per heavy atom. The molecule has 0 atom stereocenters. The molecule has 0 aromatic carbocycles. The van der Waals surface area contributed by atoms with Crippen molar-refractivity contribution in [3.63, 3.8) is 0 Å². The van der Waals surface area contributed by atoms with Crippen molar-refractivity contribution in [1.82, 2.24) is 18.9 Å². The van der Waals surface area contributed by atoms with Crippen molar-refractivity contribution in [1.29, 1.82) is 0 Å². The maximum absolute atomic E-state index is 4.35. The van der Waals surface area contributed by atoms with Gasteiger partial charge < -0.3 is 8.97 Å². The van der Waals surface area contributed by atoms with Gasteiger partial charge in [-0.15, -0.1) is 0 Å². The zero-order valence-electron chi connectivity index (χ0n) is 9.25. The highest BCUT2D eigenvalue weighted by Crippen LogP contribution is 2.13. The Morgan fingerprint density at radius 2 is 2.00 bits per heavy atom. The second-order valence-electron chi connectivity index (χ2n) is 3.86. The van der Waals surface area contributed by atoms with Crippen LogP contribution in [0.15, 0.2) is 36.9 Å². The molecule has 0 saturated heterocycles. The van der Waals surface area contributed by atoms with Crippen LogP contribution >= 0.6 is 0 Å². The minimum Gasteiger partial charge on any atom is -0.304 e. The van der Waals surface area contributed by atoms with E-state index in [1.165, 1.54) is 0 Å². The molecule has 0 aliphatic carbocycles. The summed E-state index contributed by atoms with van der Waals surface area (Å²) in [6.45, 7) is 4.03. The van der Waals surface area contributed by atoms with E-state index >= 15 is 0 Å². The van der Waals surface area contributed by atoms with Gasteiger partial charge in [-0.25, -0.2) is 9.97 Å². The molecule has 0 aliphatic rings. The van der Waals surface area contributed by atoms with Crippen LogP contribution in [-0.4, -0.2) is 18.9 Å². The van der Waals surface area contributed by atoms with E-state index in [4.69, 9.17) is 0 Å². The molecule has 3 aromatic rings. The summed E-state index contributed by atoms with van der Waals surface area (Å²) in [6, 6.07) is 4.12. The number of pyridine rings is 1. The zero-order chi connectivity index (χ0) is 11.1. The molecule has 4 nitrogen and oxygen atoms in total. The summed E-state index contributed by atoms with van der Waals surface area (Å²) < 4.78 is 4.11. The second kappa shape index (κ2) is 3.20. The fraction of sp³-hybridized carbons (Fsp3) is 0.167. The smallest absolute Gasteiger partial charge is 0.138 e.